The molecule has 0 saturated carbocycles. The number of likely N-dealkylation sites (tertiary alicyclic amines) is 1. The van der Waals surface area contributed by atoms with E-state index >= 15 is 0 Å². The highest BCUT2D eigenvalue weighted by molar-refractivity contribution is 7.99. The van der Waals surface area contributed by atoms with Crippen molar-refractivity contribution in [3.63, 3.8) is 0 Å². The van der Waals surface area contributed by atoms with E-state index < -0.39 is 5.97 Å². The topological polar surface area (TPSA) is 72.6 Å². The number of esters is 1. The van der Waals surface area contributed by atoms with Crippen LogP contribution >= 0.6 is 11.8 Å². The molecule has 1 aliphatic rings. The third kappa shape index (κ3) is 4.75. The van der Waals surface area contributed by atoms with Gasteiger partial charge in [0.25, 0.3) is 11.1 Å². The number of thioether (sulfide) groups is 1. The summed E-state index contributed by atoms with van der Waals surface area (Å²) in [5.74, 6) is 0.459. The second-order valence-electron chi connectivity index (χ2n) is 6.64. The Kier molecular flexibility index (Phi) is 5.63. The Morgan fingerprint density at radius 3 is 2.72 bits per heavy atom. The van der Waals surface area contributed by atoms with Gasteiger partial charge in [0, 0.05) is 13.1 Å². The molecule has 1 amide bonds. The average molecular weight is 362 g/mol. The molecular weight excluding hydrogens is 340 g/mol. The molecule has 0 spiro atoms. The minimum Gasteiger partial charge on any atom is -0.455 e. The molecule has 1 fully saturated rings. The van der Waals surface area contributed by atoms with Gasteiger partial charge in [0.1, 0.15) is 11.3 Å². The highest BCUT2D eigenvalue weighted by Crippen LogP contribution is 2.23. The van der Waals surface area contributed by atoms with Gasteiger partial charge in [-0.15, -0.1) is 0 Å². The summed E-state index contributed by atoms with van der Waals surface area (Å²) in [4.78, 5) is 30.1. The molecule has 134 valence electrons. The van der Waals surface area contributed by atoms with Crippen LogP contribution in [-0.4, -0.2) is 47.2 Å². The number of hydrogen-bond donors (Lipinski definition) is 0. The summed E-state index contributed by atoms with van der Waals surface area (Å²) in [6.07, 6.45) is 1.13. The Labute approximate surface area is 150 Å². The van der Waals surface area contributed by atoms with E-state index in [9.17, 15) is 9.59 Å². The van der Waals surface area contributed by atoms with Crippen LogP contribution in [0.3, 0.4) is 0 Å². The monoisotopic (exact) mass is 362 g/mol. The SMILES string of the molecule is C[C@H]1C[C@H](C)CN(C(=O)COC(=O)CSc2nc3ccccc3o2)C1. The van der Waals surface area contributed by atoms with E-state index in [-0.39, 0.29) is 18.3 Å². The molecule has 6 nitrogen and oxygen atoms in total. The number of benzene rings is 1. The number of aromatic nitrogens is 1. The van der Waals surface area contributed by atoms with Gasteiger partial charge in [-0.25, -0.2) is 4.98 Å². The van der Waals surface area contributed by atoms with E-state index in [1.807, 2.05) is 24.3 Å². The standard InChI is InChI=1S/C18H22N2O4S/c1-12-7-13(2)9-20(8-12)16(21)10-23-17(22)11-25-18-19-14-5-3-4-6-15(14)24-18/h3-6,12-13H,7-11H2,1-2H3/t12-,13-/m0/s1. The summed E-state index contributed by atoms with van der Waals surface area (Å²) in [6.45, 7) is 5.54. The number of piperidine rings is 1. The predicted octanol–water partition coefficient (Wildman–Crippen LogP) is 2.97. The van der Waals surface area contributed by atoms with Crippen molar-refractivity contribution < 1.29 is 18.7 Å². The summed E-state index contributed by atoms with van der Waals surface area (Å²) < 4.78 is 10.6. The van der Waals surface area contributed by atoms with Crippen molar-refractivity contribution in [2.45, 2.75) is 25.5 Å². The molecular formula is C18H22N2O4S. The lowest BCUT2D eigenvalue weighted by Gasteiger charge is -2.34. The van der Waals surface area contributed by atoms with Gasteiger partial charge in [-0.3, -0.25) is 9.59 Å². The van der Waals surface area contributed by atoms with Crippen molar-refractivity contribution >= 4 is 34.7 Å². The van der Waals surface area contributed by atoms with E-state index in [4.69, 9.17) is 9.15 Å². The van der Waals surface area contributed by atoms with Crippen molar-refractivity contribution in [1.82, 2.24) is 9.88 Å². The Bertz CT molecular complexity index is 717. The molecule has 3 rings (SSSR count). The Hall–Kier alpha value is -2.02. The molecule has 0 unspecified atom stereocenters. The van der Waals surface area contributed by atoms with E-state index in [2.05, 4.69) is 18.8 Å². The van der Waals surface area contributed by atoms with Crippen LogP contribution in [0.15, 0.2) is 33.9 Å². The van der Waals surface area contributed by atoms with Crippen LogP contribution in [-0.2, 0) is 14.3 Å². The summed E-state index contributed by atoms with van der Waals surface area (Å²) >= 11 is 1.17. The maximum absolute atomic E-state index is 12.2. The Morgan fingerprint density at radius 2 is 2.00 bits per heavy atom. The third-order valence-corrected chi connectivity index (χ3v) is 4.97. The van der Waals surface area contributed by atoms with Gasteiger partial charge in [-0.05, 0) is 30.4 Å². The molecule has 2 aromatic rings. The number of ether oxygens (including phenoxy) is 1. The molecule has 0 bridgehead atoms. The number of amides is 1. The molecule has 1 saturated heterocycles. The largest absolute Gasteiger partial charge is 0.455 e. The first-order valence-electron chi connectivity index (χ1n) is 8.43. The molecule has 2 heterocycles. The lowest BCUT2D eigenvalue weighted by molar-refractivity contribution is -0.151. The fraction of sp³-hybridized carbons (Fsp3) is 0.500. The number of hydrogen-bond acceptors (Lipinski definition) is 6. The van der Waals surface area contributed by atoms with Crippen molar-refractivity contribution in [2.24, 2.45) is 11.8 Å². The molecule has 0 aliphatic carbocycles. The fourth-order valence-electron chi connectivity index (χ4n) is 3.18. The van der Waals surface area contributed by atoms with Crippen molar-refractivity contribution in [3.05, 3.63) is 24.3 Å². The fourth-order valence-corrected chi connectivity index (χ4v) is 3.81. The van der Waals surface area contributed by atoms with Crippen LogP contribution in [0.25, 0.3) is 11.1 Å². The zero-order valence-electron chi connectivity index (χ0n) is 14.4. The van der Waals surface area contributed by atoms with Crippen molar-refractivity contribution in [2.75, 3.05) is 25.4 Å². The van der Waals surface area contributed by atoms with Crippen LogP contribution < -0.4 is 0 Å². The average Bonchev–Trinajstić information content (AvgIpc) is 3.00. The highest BCUT2D eigenvalue weighted by atomic mass is 32.2. The van der Waals surface area contributed by atoms with Crippen LogP contribution in [0, 0.1) is 11.8 Å². The van der Waals surface area contributed by atoms with Gasteiger partial charge < -0.3 is 14.1 Å². The number of fused-ring (bicyclic) bond motifs is 1. The quantitative estimate of drug-likeness (QED) is 0.601. The molecule has 1 aliphatic heterocycles. The van der Waals surface area contributed by atoms with E-state index in [1.54, 1.807) is 4.90 Å². The normalized spacial score (nSPS) is 20.6. The third-order valence-electron chi connectivity index (χ3n) is 4.17. The van der Waals surface area contributed by atoms with Gasteiger partial charge in [0.2, 0.25) is 0 Å². The van der Waals surface area contributed by atoms with Crippen molar-refractivity contribution in [1.29, 1.82) is 0 Å². The lowest BCUT2D eigenvalue weighted by atomic mass is 9.92. The van der Waals surface area contributed by atoms with Gasteiger partial charge >= 0.3 is 5.97 Å². The van der Waals surface area contributed by atoms with Gasteiger partial charge in [0.15, 0.2) is 12.2 Å². The van der Waals surface area contributed by atoms with Gasteiger partial charge in [-0.2, -0.15) is 0 Å². The summed E-state index contributed by atoms with van der Waals surface area (Å²) in [7, 11) is 0. The maximum atomic E-state index is 12.2. The number of nitrogens with zero attached hydrogens (tertiary/aromatic N) is 2. The molecule has 0 N–H and O–H groups in total. The number of para-hydroxylation sites is 2. The summed E-state index contributed by atoms with van der Waals surface area (Å²) in [5, 5.41) is 0.420. The van der Waals surface area contributed by atoms with Crippen LogP contribution in [0.1, 0.15) is 20.3 Å². The molecule has 7 heteroatoms. The van der Waals surface area contributed by atoms with Crippen LogP contribution in [0.4, 0.5) is 0 Å². The van der Waals surface area contributed by atoms with Crippen LogP contribution in [0.2, 0.25) is 0 Å². The first-order valence-corrected chi connectivity index (χ1v) is 9.41. The Balaban J connectivity index is 1.44. The lowest BCUT2D eigenvalue weighted by Crippen LogP contribution is -2.44. The van der Waals surface area contributed by atoms with E-state index in [1.165, 1.54) is 11.8 Å². The zero-order chi connectivity index (χ0) is 17.8. The minimum absolute atomic E-state index is 0.0624. The predicted molar refractivity (Wildman–Crippen MR) is 95.2 cm³/mol. The number of carbonyl (C=O) groups is 2. The molecule has 1 aromatic heterocycles. The van der Waals surface area contributed by atoms with Crippen LogP contribution in [0.5, 0.6) is 0 Å². The maximum Gasteiger partial charge on any atom is 0.316 e. The molecule has 1 aromatic carbocycles. The number of rotatable bonds is 5. The first kappa shape index (κ1) is 17.8. The van der Waals surface area contributed by atoms with Gasteiger partial charge in [-0.1, -0.05) is 37.7 Å². The second-order valence-corrected chi connectivity index (χ2v) is 7.57. The highest BCUT2D eigenvalue weighted by Gasteiger charge is 2.25. The smallest absolute Gasteiger partial charge is 0.316 e. The number of oxazole rings is 1. The van der Waals surface area contributed by atoms with E-state index in [0.29, 0.717) is 22.6 Å². The minimum atomic E-state index is -0.446. The summed E-state index contributed by atoms with van der Waals surface area (Å²) in [6, 6.07) is 7.41. The molecule has 0 radical (unpaired) electrons. The Morgan fingerprint density at radius 1 is 1.28 bits per heavy atom. The zero-order valence-corrected chi connectivity index (χ0v) is 15.3. The van der Waals surface area contributed by atoms with Gasteiger partial charge in [0.05, 0.1) is 0 Å². The molecule has 25 heavy (non-hydrogen) atoms. The molecule has 2 atom stereocenters. The number of carbonyl (C=O) groups excluding carboxylic acids is 2. The second kappa shape index (κ2) is 7.91. The van der Waals surface area contributed by atoms with Crippen molar-refractivity contribution in [3.8, 4) is 0 Å². The first-order chi connectivity index (χ1) is 12.0. The van der Waals surface area contributed by atoms with E-state index in [0.717, 1.165) is 25.0 Å². The summed E-state index contributed by atoms with van der Waals surface area (Å²) in [5.41, 5.74) is 1.43.